The molecule has 1 amide bonds. The van der Waals surface area contributed by atoms with Crippen LogP contribution in [-0.2, 0) is 16.9 Å². The van der Waals surface area contributed by atoms with Crippen molar-refractivity contribution in [3.8, 4) is 0 Å². The lowest BCUT2D eigenvalue weighted by atomic mass is 10.1. The highest BCUT2D eigenvalue weighted by atomic mass is 16.3. The van der Waals surface area contributed by atoms with Crippen molar-refractivity contribution in [1.82, 2.24) is 14.5 Å². The van der Waals surface area contributed by atoms with E-state index in [1.807, 2.05) is 33.7 Å². The van der Waals surface area contributed by atoms with Crippen molar-refractivity contribution in [3.63, 3.8) is 0 Å². The van der Waals surface area contributed by atoms with Gasteiger partial charge in [-0.25, -0.2) is 4.98 Å². The average molecular weight is 345 g/mol. The summed E-state index contributed by atoms with van der Waals surface area (Å²) in [4.78, 5) is 19.7. The molecule has 2 unspecified atom stereocenters. The van der Waals surface area contributed by atoms with Crippen LogP contribution in [0.15, 0.2) is 24.3 Å². The zero-order valence-electron chi connectivity index (χ0n) is 16.3. The standard InChI is InChI=1S/C20H31N3O2/c1-7-14(3)23(15(4)8-2)18(24)13-22-17-12-10-9-11-16(17)21-19(22)20(5,6)25/h9-12,14-15,25H,7-8,13H2,1-6H3. The van der Waals surface area contributed by atoms with E-state index in [4.69, 9.17) is 0 Å². The molecule has 1 N–H and O–H groups in total. The third-order valence-corrected chi connectivity index (χ3v) is 4.91. The fourth-order valence-corrected chi connectivity index (χ4v) is 3.24. The topological polar surface area (TPSA) is 58.4 Å². The Balaban J connectivity index is 2.46. The molecule has 0 spiro atoms. The van der Waals surface area contributed by atoms with Gasteiger partial charge in [-0.3, -0.25) is 4.79 Å². The highest BCUT2D eigenvalue weighted by Gasteiger charge is 2.29. The van der Waals surface area contributed by atoms with Crippen molar-refractivity contribution in [2.24, 2.45) is 0 Å². The third-order valence-electron chi connectivity index (χ3n) is 4.91. The maximum absolute atomic E-state index is 13.1. The molecule has 2 aromatic rings. The van der Waals surface area contributed by atoms with E-state index in [-0.39, 0.29) is 24.5 Å². The number of amides is 1. The maximum Gasteiger partial charge on any atom is 0.243 e. The van der Waals surface area contributed by atoms with Gasteiger partial charge in [0.05, 0.1) is 11.0 Å². The van der Waals surface area contributed by atoms with Crippen molar-refractivity contribution in [3.05, 3.63) is 30.1 Å². The van der Waals surface area contributed by atoms with E-state index in [1.165, 1.54) is 0 Å². The van der Waals surface area contributed by atoms with E-state index in [9.17, 15) is 9.90 Å². The van der Waals surface area contributed by atoms with Gasteiger partial charge < -0.3 is 14.6 Å². The molecule has 2 atom stereocenters. The smallest absolute Gasteiger partial charge is 0.243 e. The molecular formula is C20H31N3O2. The maximum atomic E-state index is 13.1. The summed E-state index contributed by atoms with van der Waals surface area (Å²) >= 11 is 0. The lowest BCUT2D eigenvalue weighted by Crippen LogP contribution is -2.46. The molecule has 0 aliphatic rings. The van der Waals surface area contributed by atoms with Gasteiger partial charge in [-0.05, 0) is 52.7 Å². The first kappa shape index (κ1) is 19.4. The van der Waals surface area contributed by atoms with Gasteiger partial charge in [0.25, 0.3) is 0 Å². The van der Waals surface area contributed by atoms with E-state index in [1.54, 1.807) is 13.8 Å². The Kier molecular flexibility index (Phi) is 5.88. The van der Waals surface area contributed by atoms with Gasteiger partial charge in [-0.15, -0.1) is 0 Å². The normalized spacial score (nSPS) is 14.5. The first-order valence-corrected chi connectivity index (χ1v) is 9.19. The number of hydrogen-bond acceptors (Lipinski definition) is 3. The quantitative estimate of drug-likeness (QED) is 0.832. The summed E-state index contributed by atoms with van der Waals surface area (Å²) in [5.74, 6) is 0.590. The van der Waals surface area contributed by atoms with Crippen LogP contribution in [-0.4, -0.2) is 37.5 Å². The molecule has 0 bridgehead atoms. The summed E-state index contributed by atoms with van der Waals surface area (Å²) in [6.07, 6.45) is 1.83. The lowest BCUT2D eigenvalue weighted by Gasteiger charge is -2.34. The van der Waals surface area contributed by atoms with Gasteiger partial charge in [-0.1, -0.05) is 26.0 Å². The minimum absolute atomic E-state index is 0.0670. The number of hydrogen-bond donors (Lipinski definition) is 1. The number of fused-ring (bicyclic) bond motifs is 1. The second-order valence-corrected chi connectivity index (χ2v) is 7.38. The zero-order chi connectivity index (χ0) is 18.8. The SMILES string of the molecule is CCC(C)N(C(=O)Cn1c(C(C)(C)O)nc2ccccc21)C(C)CC. The van der Waals surface area contributed by atoms with Gasteiger partial charge in [-0.2, -0.15) is 0 Å². The molecule has 25 heavy (non-hydrogen) atoms. The van der Waals surface area contributed by atoms with Crippen LogP contribution in [0.1, 0.15) is 60.2 Å². The Morgan fingerprint density at radius 3 is 2.28 bits per heavy atom. The number of benzene rings is 1. The monoisotopic (exact) mass is 345 g/mol. The Hall–Kier alpha value is -1.88. The predicted molar refractivity (Wildman–Crippen MR) is 101 cm³/mol. The number of carbonyl (C=O) groups excluding carboxylic acids is 1. The molecule has 1 aromatic carbocycles. The predicted octanol–water partition coefficient (Wildman–Crippen LogP) is 3.69. The molecular weight excluding hydrogens is 314 g/mol. The molecule has 5 nitrogen and oxygen atoms in total. The Bertz CT molecular complexity index is 720. The van der Waals surface area contributed by atoms with E-state index in [0.29, 0.717) is 5.82 Å². The van der Waals surface area contributed by atoms with E-state index in [0.717, 1.165) is 23.9 Å². The van der Waals surface area contributed by atoms with Crippen LogP contribution in [0, 0.1) is 0 Å². The minimum Gasteiger partial charge on any atom is -0.383 e. The van der Waals surface area contributed by atoms with Crippen LogP contribution >= 0.6 is 0 Å². The molecule has 0 saturated carbocycles. The Labute approximate surface area is 150 Å². The molecule has 1 aromatic heterocycles. The van der Waals surface area contributed by atoms with Crippen LogP contribution < -0.4 is 0 Å². The van der Waals surface area contributed by atoms with Crippen LogP contribution in [0.4, 0.5) is 0 Å². The first-order valence-electron chi connectivity index (χ1n) is 9.19. The molecule has 0 fully saturated rings. The number of carbonyl (C=O) groups is 1. The van der Waals surface area contributed by atoms with Crippen molar-refractivity contribution in [2.75, 3.05) is 0 Å². The molecule has 1 heterocycles. The van der Waals surface area contributed by atoms with Crippen molar-refractivity contribution >= 4 is 16.9 Å². The van der Waals surface area contributed by atoms with Crippen LogP contribution in [0.25, 0.3) is 11.0 Å². The molecule has 0 aliphatic heterocycles. The van der Waals surface area contributed by atoms with Crippen molar-refractivity contribution in [2.45, 2.75) is 78.6 Å². The summed E-state index contributed by atoms with van der Waals surface area (Å²) in [5.41, 5.74) is 0.559. The number of imidazole rings is 1. The van der Waals surface area contributed by atoms with Crippen LogP contribution in [0.2, 0.25) is 0 Å². The number of nitrogens with zero attached hydrogens (tertiary/aromatic N) is 3. The first-order chi connectivity index (χ1) is 11.7. The molecule has 5 heteroatoms. The number of aromatic nitrogens is 2. The van der Waals surface area contributed by atoms with Gasteiger partial charge in [0.1, 0.15) is 18.0 Å². The molecule has 138 valence electrons. The summed E-state index contributed by atoms with van der Waals surface area (Å²) in [6.45, 7) is 12.0. The number of para-hydroxylation sites is 2. The summed E-state index contributed by atoms with van der Waals surface area (Å²) in [5, 5.41) is 10.5. The average Bonchev–Trinajstić information content (AvgIpc) is 2.93. The molecule has 2 rings (SSSR count). The lowest BCUT2D eigenvalue weighted by molar-refractivity contribution is -0.136. The molecule has 0 aliphatic carbocycles. The fraction of sp³-hybridized carbons (Fsp3) is 0.600. The highest BCUT2D eigenvalue weighted by molar-refractivity contribution is 5.81. The van der Waals surface area contributed by atoms with Gasteiger partial charge >= 0.3 is 0 Å². The van der Waals surface area contributed by atoms with Crippen molar-refractivity contribution in [1.29, 1.82) is 0 Å². The zero-order valence-corrected chi connectivity index (χ0v) is 16.3. The number of aliphatic hydroxyl groups is 1. The highest BCUT2D eigenvalue weighted by Crippen LogP contribution is 2.25. The van der Waals surface area contributed by atoms with E-state index in [2.05, 4.69) is 32.7 Å². The van der Waals surface area contributed by atoms with Crippen LogP contribution in [0.3, 0.4) is 0 Å². The largest absolute Gasteiger partial charge is 0.383 e. The summed E-state index contributed by atoms with van der Waals surface area (Å²) < 4.78 is 1.86. The fourth-order valence-electron chi connectivity index (χ4n) is 3.24. The van der Waals surface area contributed by atoms with E-state index < -0.39 is 5.60 Å². The van der Waals surface area contributed by atoms with Crippen LogP contribution in [0.5, 0.6) is 0 Å². The summed E-state index contributed by atoms with van der Waals surface area (Å²) in [7, 11) is 0. The van der Waals surface area contributed by atoms with Gasteiger partial charge in [0, 0.05) is 12.1 Å². The van der Waals surface area contributed by atoms with Crippen molar-refractivity contribution < 1.29 is 9.90 Å². The van der Waals surface area contributed by atoms with Gasteiger partial charge in [0.15, 0.2) is 0 Å². The molecule has 0 saturated heterocycles. The molecule has 0 radical (unpaired) electrons. The second-order valence-electron chi connectivity index (χ2n) is 7.38. The summed E-state index contributed by atoms with van der Waals surface area (Å²) in [6, 6.07) is 8.07. The third kappa shape index (κ3) is 4.03. The second kappa shape index (κ2) is 7.56. The Morgan fingerprint density at radius 1 is 1.20 bits per heavy atom. The van der Waals surface area contributed by atoms with E-state index >= 15 is 0 Å². The van der Waals surface area contributed by atoms with Gasteiger partial charge in [0.2, 0.25) is 5.91 Å². The Morgan fingerprint density at radius 2 is 1.76 bits per heavy atom. The number of rotatable bonds is 7. The minimum atomic E-state index is -1.11.